The highest BCUT2D eigenvalue weighted by molar-refractivity contribution is 5.80. The second kappa shape index (κ2) is 7.51. The van der Waals surface area contributed by atoms with E-state index >= 15 is 0 Å². The molecule has 0 aromatic rings. The van der Waals surface area contributed by atoms with Gasteiger partial charge in [-0.2, -0.15) is 0 Å². The molecule has 110 valence electrons. The summed E-state index contributed by atoms with van der Waals surface area (Å²) < 4.78 is 0. The standard InChI is InChI=1S/C15H28N2O2/c1-12(2)5-6-14(18)16-8-7-15(19)17(10-9-16)11-13(3)4/h12-13H,5-11H2,1-4H3. The predicted octanol–water partition coefficient (Wildman–Crippen LogP) is 2.14. The Morgan fingerprint density at radius 2 is 1.79 bits per heavy atom. The number of rotatable bonds is 5. The van der Waals surface area contributed by atoms with Crippen LogP contribution in [0.3, 0.4) is 0 Å². The fraction of sp³-hybridized carbons (Fsp3) is 0.867. The summed E-state index contributed by atoms with van der Waals surface area (Å²) >= 11 is 0. The van der Waals surface area contributed by atoms with Gasteiger partial charge in [0.2, 0.25) is 11.8 Å². The van der Waals surface area contributed by atoms with E-state index in [0.717, 1.165) is 13.0 Å². The average Bonchev–Trinajstić information content (AvgIpc) is 2.49. The number of hydrogen-bond donors (Lipinski definition) is 0. The molecular formula is C15H28N2O2. The van der Waals surface area contributed by atoms with E-state index in [1.807, 2.05) is 9.80 Å². The van der Waals surface area contributed by atoms with Crippen molar-refractivity contribution in [2.75, 3.05) is 26.2 Å². The van der Waals surface area contributed by atoms with Gasteiger partial charge in [0.15, 0.2) is 0 Å². The molecule has 4 heteroatoms. The molecule has 1 aliphatic heterocycles. The van der Waals surface area contributed by atoms with Gasteiger partial charge in [-0.05, 0) is 18.3 Å². The maximum atomic E-state index is 12.1. The second-order valence-corrected chi connectivity index (χ2v) is 6.30. The fourth-order valence-electron chi connectivity index (χ4n) is 2.32. The van der Waals surface area contributed by atoms with Crippen LogP contribution in [0.2, 0.25) is 0 Å². The fourth-order valence-corrected chi connectivity index (χ4v) is 2.32. The van der Waals surface area contributed by atoms with Crippen molar-refractivity contribution in [1.82, 2.24) is 9.80 Å². The third-order valence-electron chi connectivity index (χ3n) is 3.46. The molecule has 1 rings (SSSR count). The zero-order chi connectivity index (χ0) is 14.4. The van der Waals surface area contributed by atoms with Gasteiger partial charge in [0.1, 0.15) is 0 Å². The van der Waals surface area contributed by atoms with Crippen LogP contribution in [-0.2, 0) is 9.59 Å². The van der Waals surface area contributed by atoms with Gasteiger partial charge >= 0.3 is 0 Å². The van der Waals surface area contributed by atoms with E-state index in [9.17, 15) is 9.59 Å². The first-order valence-electron chi connectivity index (χ1n) is 7.45. The van der Waals surface area contributed by atoms with E-state index in [1.165, 1.54) is 0 Å². The lowest BCUT2D eigenvalue weighted by Gasteiger charge is -2.23. The lowest BCUT2D eigenvalue weighted by atomic mass is 10.1. The number of nitrogens with zero attached hydrogens (tertiary/aromatic N) is 2. The number of hydrogen-bond acceptors (Lipinski definition) is 2. The van der Waals surface area contributed by atoms with E-state index in [1.54, 1.807) is 0 Å². The minimum atomic E-state index is 0.188. The van der Waals surface area contributed by atoms with Crippen LogP contribution in [0.25, 0.3) is 0 Å². The summed E-state index contributed by atoms with van der Waals surface area (Å²) in [5, 5.41) is 0. The molecule has 0 aromatic heterocycles. The Morgan fingerprint density at radius 3 is 2.37 bits per heavy atom. The highest BCUT2D eigenvalue weighted by Crippen LogP contribution is 2.11. The summed E-state index contributed by atoms with van der Waals surface area (Å²) in [6, 6.07) is 0. The first kappa shape index (κ1) is 16.0. The molecule has 0 unspecified atom stereocenters. The van der Waals surface area contributed by atoms with E-state index in [0.29, 0.717) is 44.3 Å². The molecule has 0 spiro atoms. The van der Waals surface area contributed by atoms with Crippen molar-refractivity contribution in [1.29, 1.82) is 0 Å². The van der Waals surface area contributed by atoms with Crippen molar-refractivity contribution in [2.45, 2.75) is 47.0 Å². The second-order valence-electron chi connectivity index (χ2n) is 6.30. The summed E-state index contributed by atoms with van der Waals surface area (Å²) in [7, 11) is 0. The molecule has 0 bridgehead atoms. The lowest BCUT2D eigenvalue weighted by Crippen LogP contribution is -2.37. The highest BCUT2D eigenvalue weighted by Gasteiger charge is 2.23. The Hall–Kier alpha value is -1.06. The summed E-state index contributed by atoms with van der Waals surface area (Å²) in [6.45, 7) is 11.2. The minimum Gasteiger partial charge on any atom is -0.341 e. The van der Waals surface area contributed by atoms with E-state index < -0.39 is 0 Å². The van der Waals surface area contributed by atoms with Gasteiger partial charge in [-0.3, -0.25) is 9.59 Å². The van der Waals surface area contributed by atoms with Crippen LogP contribution in [0.5, 0.6) is 0 Å². The Bertz CT molecular complexity index is 313. The van der Waals surface area contributed by atoms with Crippen LogP contribution >= 0.6 is 0 Å². The van der Waals surface area contributed by atoms with Crippen molar-refractivity contribution >= 4 is 11.8 Å². The Balaban J connectivity index is 2.48. The van der Waals surface area contributed by atoms with Crippen molar-refractivity contribution in [3.8, 4) is 0 Å². The van der Waals surface area contributed by atoms with Crippen LogP contribution in [0, 0.1) is 11.8 Å². The molecule has 0 atom stereocenters. The molecule has 0 saturated carbocycles. The molecule has 0 N–H and O–H groups in total. The minimum absolute atomic E-state index is 0.188. The van der Waals surface area contributed by atoms with E-state index in [4.69, 9.17) is 0 Å². The van der Waals surface area contributed by atoms with Gasteiger partial charge < -0.3 is 9.80 Å². The third kappa shape index (κ3) is 5.62. The smallest absolute Gasteiger partial charge is 0.224 e. The maximum absolute atomic E-state index is 12.1. The first-order chi connectivity index (χ1) is 8.90. The Morgan fingerprint density at radius 1 is 1.11 bits per heavy atom. The molecule has 19 heavy (non-hydrogen) atoms. The molecule has 0 aromatic carbocycles. The van der Waals surface area contributed by atoms with Gasteiger partial charge in [0, 0.05) is 39.0 Å². The molecular weight excluding hydrogens is 240 g/mol. The van der Waals surface area contributed by atoms with Crippen LogP contribution in [0.4, 0.5) is 0 Å². The normalized spacial score (nSPS) is 17.3. The molecule has 1 aliphatic rings. The molecule has 1 saturated heterocycles. The number of amides is 2. The van der Waals surface area contributed by atoms with Crippen molar-refractivity contribution in [2.24, 2.45) is 11.8 Å². The molecule has 0 aliphatic carbocycles. The van der Waals surface area contributed by atoms with Crippen LogP contribution in [-0.4, -0.2) is 47.8 Å². The topological polar surface area (TPSA) is 40.6 Å². The Labute approximate surface area is 117 Å². The highest BCUT2D eigenvalue weighted by atomic mass is 16.2. The van der Waals surface area contributed by atoms with Gasteiger partial charge in [0.25, 0.3) is 0 Å². The SMILES string of the molecule is CC(C)CCC(=O)N1CCC(=O)N(CC(C)C)CC1. The lowest BCUT2D eigenvalue weighted by molar-refractivity contribution is -0.131. The summed E-state index contributed by atoms with van der Waals surface area (Å²) in [6.07, 6.45) is 2.01. The third-order valence-corrected chi connectivity index (χ3v) is 3.46. The van der Waals surface area contributed by atoms with Gasteiger partial charge in [-0.1, -0.05) is 27.7 Å². The number of carbonyl (C=O) groups is 2. The zero-order valence-electron chi connectivity index (χ0n) is 12.8. The van der Waals surface area contributed by atoms with Crippen LogP contribution < -0.4 is 0 Å². The predicted molar refractivity (Wildman–Crippen MR) is 76.7 cm³/mol. The Kier molecular flexibility index (Phi) is 6.32. The molecule has 4 nitrogen and oxygen atoms in total. The molecule has 1 fully saturated rings. The molecule has 0 radical (unpaired) electrons. The quantitative estimate of drug-likeness (QED) is 0.766. The zero-order valence-corrected chi connectivity index (χ0v) is 12.8. The van der Waals surface area contributed by atoms with Crippen molar-refractivity contribution in [3.63, 3.8) is 0 Å². The van der Waals surface area contributed by atoms with E-state index in [2.05, 4.69) is 27.7 Å². The monoisotopic (exact) mass is 268 g/mol. The number of carbonyl (C=O) groups excluding carboxylic acids is 2. The maximum Gasteiger partial charge on any atom is 0.224 e. The van der Waals surface area contributed by atoms with Crippen LogP contribution in [0.1, 0.15) is 47.0 Å². The molecule has 1 heterocycles. The summed E-state index contributed by atoms with van der Waals surface area (Å²) in [5.41, 5.74) is 0. The summed E-state index contributed by atoms with van der Waals surface area (Å²) in [5.74, 6) is 1.42. The summed E-state index contributed by atoms with van der Waals surface area (Å²) in [4.78, 5) is 27.8. The van der Waals surface area contributed by atoms with Crippen molar-refractivity contribution in [3.05, 3.63) is 0 Å². The van der Waals surface area contributed by atoms with Crippen LogP contribution in [0.15, 0.2) is 0 Å². The van der Waals surface area contributed by atoms with Crippen molar-refractivity contribution < 1.29 is 9.59 Å². The molecule has 2 amide bonds. The largest absolute Gasteiger partial charge is 0.341 e. The van der Waals surface area contributed by atoms with Gasteiger partial charge in [-0.25, -0.2) is 0 Å². The van der Waals surface area contributed by atoms with Gasteiger partial charge in [0.05, 0.1) is 0 Å². The first-order valence-corrected chi connectivity index (χ1v) is 7.45. The van der Waals surface area contributed by atoms with E-state index in [-0.39, 0.29) is 11.8 Å². The average molecular weight is 268 g/mol. The van der Waals surface area contributed by atoms with Gasteiger partial charge in [-0.15, -0.1) is 0 Å².